The van der Waals surface area contributed by atoms with Crippen LogP contribution in [0.5, 0.6) is 5.75 Å². The Hall–Kier alpha value is -2.81. The van der Waals surface area contributed by atoms with E-state index in [1.54, 1.807) is 12.1 Å². The second kappa shape index (κ2) is 5.10. The number of rotatable bonds is 1. The van der Waals surface area contributed by atoms with Gasteiger partial charge in [-0.1, -0.05) is 0 Å². The number of aromatic nitrogens is 2. The van der Waals surface area contributed by atoms with Gasteiger partial charge in [0.1, 0.15) is 5.75 Å². The third-order valence-electron chi connectivity index (χ3n) is 5.12. The van der Waals surface area contributed by atoms with E-state index in [0.717, 1.165) is 35.1 Å². The molecule has 3 nitrogen and oxygen atoms in total. The Morgan fingerprint density at radius 1 is 0.917 bits per heavy atom. The van der Waals surface area contributed by atoms with Crippen molar-refractivity contribution in [3.05, 3.63) is 59.8 Å². The first-order valence-corrected chi connectivity index (χ1v) is 8.51. The van der Waals surface area contributed by atoms with E-state index in [-0.39, 0.29) is 0 Å². The second-order valence-corrected chi connectivity index (χ2v) is 6.61. The molecule has 1 aliphatic rings. The van der Waals surface area contributed by atoms with Gasteiger partial charge in [-0.3, -0.25) is 0 Å². The van der Waals surface area contributed by atoms with Crippen LogP contribution in [-0.4, -0.2) is 15.1 Å². The fraction of sp³-hybridized carbons (Fsp3) is 0.190. The zero-order valence-corrected chi connectivity index (χ0v) is 13.3. The lowest BCUT2D eigenvalue weighted by Gasteiger charge is -2.21. The quantitative estimate of drug-likeness (QED) is 0.521. The van der Waals surface area contributed by atoms with Crippen molar-refractivity contribution in [2.75, 3.05) is 0 Å². The first-order chi connectivity index (χ1) is 11.8. The molecule has 2 heterocycles. The van der Waals surface area contributed by atoms with Crippen molar-refractivity contribution < 1.29 is 5.11 Å². The summed E-state index contributed by atoms with van der Waals surface area (Å²) in [7, 11) is 0. The molecule has 0 fully saturated rings. The van der Waals surface area contributed by atoms with Gasteiger partial charge in [0.2, 0.25) is 0 Å². The van der Waals surface area contributed by atoms with Crippen molar-refractivity contribution >= 4 is 21.8 Å². The molecule has 1 aliphatic carbocycles. The van der Waals surface area contributed by atoms with Crippen molar-refractivity contribution in [2.45, 2.75) is 25.7 Å². The van der Waals surface area contributed by atoms with Gasteiger partial charge in [-0.05, 0) is 79.3 Å². The van der Waals surface area contributed by atoms with E-state index >= 15 is 0 Å². The highest BCUT2D eigenvalue weighted by Crippen LogP contribution is 2.36. The lowest BCUT2D eigenvalue weighted by atomic mass is 9.86. The molecule has 2 aromatic carbocycles. The molecule has 3 heteroatoms. The third-order valence-corrected chi connectivity index (χ3v) is 5.12. The minimum absolute atomic E-state index is 0.293. The minimum atomic E-state index is 0.293. The van der Waals surface area contributed by atoms with E-state index in [9.17, 15) is 5.11 Å². The molecule has 0 amide bonds. The summed E-state index contributed by atoms with van der Waals surface area (Å²) >= 11 is 0. The number of hydrogen-bond acceptors (Lipinski definition) is 2. The van der Waals surface area contributed by atoms with Gasteiger partial charge in [0, 0.05) is 28.0 Å². The molecule has 0 bridgehead atoms. The number of phenolic OH excluding ortho intramolecular Hbond substituents is 1. The first-order valence-electron chi connectivity index (χ1n) is 8.51. The topological polar surface area (TPSA) is 48.9 Å². The van der Waals surface area contributed by atoms with Gasteiger partial charge in [-0.15, -0.1) is 0 Å². The normalized spacial score (nSPS) is 14.2. The molecule has 5 rings (SSSR count). The highest BCUT2D eigenvalue weighted by Gasteiger charge is 2.19. The number of fused-ring (bicyclic) bond motifs is 4. The number of aromatic hydroxyl groups is 1. The van der Waals surface area contributed by atoms with Crippen LogP contribution in [-0.2, 0) is 12.8 Å². The first kappa shape index (κ1) is 13.6. The van der Waals surface area contributed by atoms with Crippen LogP contribution < -0.4 is 0 Å². The summed E-state index contributed by atoms with van der Waals surface area (Å²) in [5.74, 6) is 0.293. The summed E-state index contributed by atoms with van der Waals surface area (Å²) in [4.78, 5) is 8.30. The van der Waals surface area contributed by atoms with Crippen LogP contribution in [0, 0.1) is 0 Å². The summed E-state index contributed by atoms with van der Waals surface area (Å²) < 4.78 is 0. The maximum Gasteiger partial charge on any atom is 0.115 e. The maximum atomic E-state index is 9.58. The van der Waals surface area contributed by atoms with Crippen LogP contribution in [0.2, 0.25) is 0 Å². The molecule has 0 radical (unpaired) electrons. The molecular formula is C21H18N2O. The number of H-pyrrole nitrogens is 1. The number of aromatic amines is 1. The van der Waals surface area contributed by atoms with E-state index in [0.29, 0.717) is 5.75 Å². The fourth-order valence-corrected chi connectivity index (χ4v) is 3.93. The van der Waals surface area contributed by atoms with Crippen LogP contribution in [0.3, 0.4) is 0 Å². The Morgan fingerprint density at radius 3 is 2.54 bits per heavy atom. The van der Waals surface area contributed by atoms with Crippen molar-refractivity contribution in [3.63, 3.8) is 0 Å². The molecule has 0 atom stereocenters. The number of nitrogens with zero attached hydrogens (tertiary/aromatic N) is 1. The van der Waals surface area contributed by atoms with Crippen molar-refractivity contribution in [1.29, 1.82) is 0 Å². The number of benzene rings is 2. The van der Waals surface area contributed by atoms with Crippen LogP contribution in [0.15, 0.2) is 48.7 Å². The van der Waals surface area contributed by atoms with Crippen molar-refractivity contribution in [1.82, 2.24) is 9.97 Å². The summed E-state index contributed by atoms with van der Waals surface area (Å²) in [6.45, 7) is 0. The Bertz CT molecular complexity index is 1060. The average molecular weight is 314 g/mol. The molecule has 24 heavy (non-hydrogen) atoms. The van der Waals surface area contributed by atoms with Crippen molar-refractivity contribution in [3.8, 4) is 17.0 Å². The molecule has 2 N–H and O–H groups in total. The van der Waals surface area contributed by atoms with Gasteiger partial charge < -0.3 is 10.1 Å². The monoisotopic (exact) mass is 314 g/mol. The standard InChI is InChI=1S/C21H18N2O/c24-15-7-5-13(6-8-15)21-17-4-2-1-3-16(17)18-11-14-9-10-22-19(14)12-20(18)23-21/h5-12,22,24H,1-4H2. The predicted molar refractivity (Wildman–Crippen MR) is 97.3 cm³/mol. The van der Waals surface area contributed by atoms with Crippen LogP contribution in [0.1, 0.15) is 24.0 Å². The van der Waals surface area contributed by atoms with E-state index in [1.165, 1.54) is 34.7 Å². The zero-order chi connectivity index (χ0) is 16.1. The average Bonchev–Trinajstić information content (AvgIpc) is 3.07. The summed E-state index contributed by atoms with van der Waals surface area (Å²) in [5, 5.41) is 12.1. The molecule has 0 aliphatic heterocycles. The van der Waals surface area contributed by atoms with Crippen molar-refractivity contribution in [2.24, 2.45) is 0 Å². The highest BCUT2D eigenvalue weighted by atomic mass is 16.3. The number of hydrogen-bond donors (Lipinski definition) is 2. The third kappa shape index (κ3) is 2.01. The molecule has 2 aromatic heterocycles. The molecule has 118 valence electrons. The zero-order valence-electron chi connectivity index (χ0n) is 13.3. The summed E-state index contributed by atoms with van der Waals surface area (Å²) in [6.07, 6.45) is 6.65. The molecule has 0 saturated carbocycles. The Balaban J connectivity index is 1.85. The molecule has 4 aromatic rings. The summed E-state index contributed by atoms with van der Waals surface area (Å²) in [6, 6.07) is 14.0. The van der Waals surface area contributed by atoms with Crippen LogP contribution >= 0.6 is 0 Å². The van der Waals surface area contributed by atoms with Gasteiger partial charge in [0.15, 0.2) is 0 Å². The van der Waals surface area contributed by atoms with Gasteiger partial charge in [0.25, 0.3) is 0 Å². The largest absolute Gasteiger partial charge is 0.508 e. The molecule has 0 saturated heterocycles. The SMILES string of the molecule is Oc1ccc(-c2nc3cc4[nH]ccc4cc3c3c2CCCC3)cc1. The van der Waals surface area contributed by atoms with Gasteiger partial charge in [-0.25, -0.2) is 4.98 Å². The van der Waals surface area contributed by atoms with E-state index in [4.69, 9.17) is 4.98 Å². The van der Waals surface area contributed by atoms with Gasteiger partial charge in [0.05, 0.1) is 11.2 Å². The lowest BCUT2D eigenvalue weighted by molar-refractivity contribution is 0.475. The Morgan fingerprint density at radius 2 is 1.71 bits per heavy atom. The Kier molecular flexibility index (Phi) is 2.89. The molecule has 0 unspecified atom stereocenters. The smallest absolute Gasteiger partial charge is 0.115 e. The van der Waals surface area contributed by atoms with Crippen LogP contribution in [0.25, 0.3) is 33.1 Å². The Labute approximate surface area is 140 Å². The van der Waals surface area contributed by atoms with E-state index < -0.39 is 0 Å². The van der Waals surface area contributed by atoms with E-state index in [2.05, 4.69) is 23.2 Å². The number of pyridine rings is 1. The van der Waals surface area contributed by atoms with Crippen LogP contribution in [0.4, 0.5) is 0 Å². The maximum absolute atomic E-state index is 9.58. The second-order valence-electron chi connectivity index (χ2n) is 6.61. The van der Waals surface area contributed by atoms with E-state index in [1.807, 2.05) is 18.3 Å². The highest BCUT2D eigenvalue weighted by molar-refractivity contribution is 5.98. The predicted octanol–water partition coefficient (Wildman–Crippen LogP) is 4.97. The van der Waals surface area contributed by atoms with Gasteiger partial charge in [-0.2, -0.15) is 0 Å². The number of phenols is 1. The molecular weight excluding hydrogens is 296 g/mol. The lowest BCUT2D eigenvalue weighted by Crippen LogP contribution is -2.07. The number of nitrogens with one attached hydrogen (secondary N) is 1. The number of aryl methyl sites for hydroxylation is 1. The molecule has 0 spiro atoms. The summed E-state index contributed by atoms with van der Waals surface area (Å²) in [5.41, 5.74) is 7.17. The minimum Gasteiger partial charge on any atom is -0.508 e. The fourth-order valence-electron chi connectivity index (χ4n) is 3.93. The van der Waals surface area contributed by atoms with Gasteiger partial charge >= 0.3 is 0 Å².